The van der Waals surface area contributed by atoms with Crippen molar-refractivity contribution in [2.45, 2.75) is 12.0 Å². The van der Waals surface area contributed by atoms with Crippen molar-refractivity contribution >= 4 is 29.3 Å². The van der Waals surface area contributed by atoms with E-state index in [0.717, 1.165) is 6.07 Å². The average molecular weight is 394 g/mol. The summed E-state index contributed by atoms with van der Waals surface area (Å²) < 4.78 is 5.51. The Balaban J connectivity index is 2.33. The normalized spacial score (nSPS) is 12.6. The van der Waals surface area contributed by atoms with Crippen LogP contribution in [-0.2, 0) is 11.2 Å². The van der Waals surface area contributed by atoms with Gasteiger partial charge < -0.3 is 20.9 Å². The predicted molar refractivity (Wildman–Crippen MR) is 96.8 cm³/mol. The van der Waals surface area contributed by atoms with Crippen molar-refractivity contribution in [3.63, 3.8) is 0 Å². The molecule has 0 saturated heterocycles. The summed E-state index contributed by atoms with van der Waals surface area (Å²) in [6.07, 6.45) is -0.254. The van der Waals surface area contributed by atoms with Crippen molar-refractivity contribution in [2.75, 3.05) is 6.61 Å². The number of nitrogens with one attached hydrogen (secondary N) is 1. The molecule has 1 atom stereocenters. The SMILES string of the molecule is NC(=O)NC(COc1ccccc1)(Cc1ccc([N+](=O)[O-])c(Cl)c1)C(=O)O. The van der Waals surface area contributed by atoms with Gasteiger partial charge in [0.2, 0.25) is 0 Å². The van der Waals surface area contributed by atoms with Crippen LogP contribution in [0.5, 0.6) is 5.75 Å². The van der Waals surface area contributed by atoms with Gasteiger partial charge in [0.15, 0.2) is 5.54 Å². The van der Waals surface area contributed by atoms with Crippen molar-refractivity contribution in [3.8, 4) is 5.75 Å². The Labute approximate surface area is 158 Å². The number of halogens is 1. The number of aliphatic carboxylic acids is 1. The van der Waals surface area contributed by atoms with Crippen LogP contribution in [0.15, 0.2) is 48.5 Å². The van der Waals surface area contributed by atoms with Crippen molar-refractivity contribution < 1.29 is 24.4 Å². The number of primary amides is 1. The van der Waals surface area contributed by atoms with Crippen LogP contribution >= 0.6 is 11.6 Å². The monoisotopic (exact) mass is 393 g/mol. The zero-order chi connectivity index (χ0) is 20.0. The highest BCUT2D eigenvalue weighted by Crippen LogP contribution is 2.27. The molecule has 0 fully saturated rings. The molecule has 0 aliphatic heterocycles. The Morgan fingerprint density at radius 1 is 1.26 bits per heavy atom. The van der Waals surface area contributed by atoms with E-state index in [0.29, 0.717) is 11.3 Å². The van der Waals surface area contributed by atoms with Crippen LogP contribution in [0.4, 0.5) is 10.5 Å². The maximum atomic E-state index is 12.0. The third-order valence-corrected chi connectivity index (χ3v) is 4.02. The van der Waals surface area contributed by atoms with E-state index < -0.39 is 29.1 Å². The van der Waals surface area contributed by atoms with Crippen molar-refractivity contribution in [1.29, 1.82) is 0 Å². The Morgan fingerprint density at radius 2 is 1.93 bits per heavy atom. The fraction of sp³-hybridized carbons (Fsp3) is 0.176. The van der Waals surface area contributed by atoms with Gasteiger partial charge in [0.1, 0.15) is 17.4 Å². The number of hydrogen-bond donors (Lipinski definition) is 3. The van der Waals surface area contributed by atoms with Gasteiger partial charge in [-0.25, -0.2) is 9.59 Å². The molecule has 4 N–H and O–H groups in total. The summed E-state index contributed by atoms with van der Waals surface area (Å²) in [5, 5.41) is 22.7. The molecule has 0 spiro atoms. The van der Waals surface area contributed by atoms with E-state index in [4.69, 9.17) is 22.1 Å². The minimum absolute atomic E-state index is 0.153. The van der Waals surface area contributed by atoms with Crippen molar-refractivity contribution in [1.82, 2.24) is 5.32 Å². The Hall–Kier alpha value is -3.33. The van der Waals surface area contributed by atoms with E-state index >= 15 is 0 Å². The number of para-hydroxylation sites is 1. The third-order valence-electron chi connectivity index (χ3n) is 3.71. The minimum atomic E-state index is -1.90. The summed E-state index contributed by atoms with van der Waals surface area (Å²) in [7, 11) is 0. The fourth-order valence-corrected chi connectivity index (χ4v) is 2.71. The molecule has 0 aromatic heterocycles. The van der Waals surface area contributed by atoms with Crippen LogP contribution in [0, 0.1) is 10.1 Å². The largest absolute Gasteiger partial charge is 0.490 e. The molecule has 1 unspecified atom stereocenters. The maximum Gasteiger partial charge on any atom is 0.333 e. The molecule has 27 heavy (non-hydrogen) atoms. The smallest absolute Gasteiger partial charge is 0.333 e. The predicted octanol–water partition coefficient (Wildman–Crippen LogP) is 2.36. The van der Waals surface area contributed by atoms with E-state index in [2.05, 4.69) is 5.32 Å². The fourth-order valence-electron chi connectivity index (χ4n) is 2.44. The van der Waals surface area contributed by atoms with E-state index in [1.807, 2.05) is 0 Å². The number of carbonyl (C=O) groups is 2. The highest BCUT2D eigenvalue weighted by atomic mass is 35.5. The van der Waals surface area contributed by atoms with E-state index in [-0.39, 0.29) is 17.1 Å². The molecule has 0 bridgehead atoms. The second-order valence-corrected chi connectivity index (χ2v) is 6.11. The first kappa shape index (κ1) is 20.0. The van der Waals surface area contributed by atoms with E-state index in [1.165, 1.54) is 12.1 Å². The first-order valence-electron chi connectivity index (χ1n) is 7.65. The lowest BCUT2D eigenvalue weighted by Crippen LogP contribution is -2.61. The molecule has 142 valence electrons. The molecule has 0 aliphatic carbocycles. The number of nitro benzene ring substituents is 1. The molecular formula is C17H16ClN3O6. The van der Waals surface area contributed by atoms with Gasteiger partial charge in [-0.15, -0.1) is 0 Å². The lowest BCUT2D eigenvalue weighted by Gasteiger charge is -2.30. The molecule has 2 rings (SSSR count). The number of ether oxygens (including phenoxy) is 1. The summed E-state index contributed by atoms with van der Waals surface area (Å²) in [4.78, 5) is 33.6. The number of amides is 2. The lowest BCUT2D eigenvalue weighted by atomic mass is 9.91. The number of nitrogens with two attached hydrogens (primary N) is 1. The minimum Gasteiger partial charge on any atom is -0.490 e. The number of carboxylic acid groups (broad SMARTS) is 1. The topological polar surface area (TPSA) is 145 Å². The molecule has 9 nitrogen and oxygen atoms in total. The summed E-state index contributed by atoms with van der Waals surface area (Å²) >= 11 is 5.88. The zero-order valence-electron chi connectivity index (χ0n) is 13.9. The maximum absolute atomic E-state index is 12.0. The van der Waals surface area contributed by atoms with Crippen LogP contribution in [0.3, 0.4) is 0 Å². The van der Waals surface area contributed by atoms with Crippen molar-refractivity contribution in [2.24, 2.45) is 5.73 Å². The summed E-state index contributed by atoms with van der Waals surface area (Å²) in [5.41, 5.74) is 3.28. The molecule has 0 radical (unpaired) electrons. The summed E-state index contributed by atoms with van der Waals surface area (Å²) in [6, 6.07) is 11.1. The Kier molecular flexibility index (Phi) is 6.19. The number of nitrogens with zero attached hydrogens (tertiary/aromatic N) is 1. The second kappa shape index (κ2) is 8.37. The van der Waals surface area contributed by atoms with Gasteiger partial charge in [-0.05, 0) is 23.8 Å². The lowest BCUT2D eigenvalue weighted by molar-refractivity contribution is -0.384. The Morgan fingerprint density at radius 3 is 2.44 bits per heavy atom. The van der Waals surface area contributed by atoms with E-state index in [9.17, 15) is 24.8 Å². The van der Waals surface area contributed by atoms with Crippen LogP contribution in [0.2, 0.25) is 5.02 Å². The quantitative estimate of drug-likeness (QED) is 0.463. The Bertz CT molecular complexity index is 861. The molecule has 0 saturated carbocycles. The molecular weight excluding hydrogens is 378 g/mol. The van der Waals surface area contributed by atoms with Crippen LogP contribution in [-0.4, -0.2) is 34.2 Å². The first-order chi connectivity index (χ1) is 12.7. The number of benzene rings is 2. The molecule has 2 amide bonds. The average Bonchev–Trinajstić information content (AvgIpc) is 2.59. The van der Waals surface area contributed by atoms with Crippen LogP contribution in [0.25, 0.3) is 0 Å². The molecule has 0 aliphatic rings. The summed E-state index contributed by atoms with van der Waals surface area (Å²) in [6.45, 7) is -0.427. The number of carboxylic acids is 1. The van der Waals surface area contributed by atoms with Crippen LogP contribution in [0.1, 0.15) is 5.56 Å². The number of rotatable bonds is 8. The standard InChI is InChI=1S/C17H16ClN3O6/c18-13-8-11(6-7-14(13)21(25)26)9-17(15(22)23,20-16(19)24)10-27-12-4-2-1-3-5-12/h1-8H,9-10H2,(H,22,23)(H3,19,20,24). The van der Waals surface area contributed by atoms with Crippen molar-refractivity contribution in [3.05, 3.63) is 69.2 Å². The van der Waals surface area contributed by atoms with Gasteiger partial charge in [-0.1, -0.05) is 35.9 Å². The number of hydrogen-bond acceptors (Lipinski definition) is 5. The third kappa shape index (κ3) is 5.08. The molecule has 0 heterocycles. The van der Waals surface area contributed by atoms with Gasteiger partial charge in [0.05, 0.1) is 4.92 Å². The van der Waals surface area contributed by atoms with Gasteiger partial charge in [0, 0.05) is 12.5 Å². The van der Waals surface area contributed by atoms with Gasteiger partial charge >= 0.3 is 12.0 Å². The zero-order valence-corrected chi connectivity index (χ0v) is 14.7. The number of nitro groups is 1. The van der Waals surface area contributed by atoms with Crippen LogP contribution < -0.4 is 15.8 Å². The molecule has 2 aromatic carbocycles. The van der Waals surface area contributed by atoms with Gasteiger partial charge in [-0.3, -0.25) is 10.1 Å². The highest BCUT2D eigenvalue weighted by molar-refractivity contribution is 6.32. The highest BCUT2D eigenvalue weighted by Gasteiger charge is 2.41. The van der Waals surface area contributed by atoms with Gasteiger partial charge in [0.25, 0.3) is 5.69 Å². The van der Waals surface area contributed by atoms with Gasteiger partial charge in [-0.2, -0.15) is 0 Å². The number of carbonyl (C=O) groups excluding carboxylic acids is 1. The molecule has 10 heteroatoms. The summed E-state index contributed by atoms with van der Waals surface area (Å²) in [5.74, 6) is -0.983. The van der Waals surface area contributed by atoms with E-state index in [1.54, 1.807) is 30.3 Å². The first-order valence-corrected chi connectivity index (χ1v) is 8.03. The number of urea groups is 1. The second-order valence-electron chi connectivity index (χ2n) is 5.70. The molecule has 2 aromatic rings.